The Morgan fingerprint density at radius 2 is 1.32 bits per heavy atom. The minimum absolute atomic E-state index is 0.191. The number of carbonyl (C=O) groups excluding carboxylic acids is 1. The van der Waals surface area contributed by atoms with Gasteiger partial charge in [-0.05, 0) is 62.1 Å². The summed E-state index contributed by atoms with van der Waals surface area (Å²) in [5, 5.41) is 0. The van der Waals surface area contributed by atoms with E-state index in [2.05, 4.69) is 43.0 Å². The van der Waals surface area contributed by atoms with Gasteiger partial charge in [0.2, 0.25) is 0 Å². The fourth-order valence-electron chi connectivity index (χ4n) is 3.30. The summed E-state index contributed by atoms with van der Waals surface area (Å²) in [6, 6.07) is 18.5. The highest BCUT2D eigenvalue weighted by Crippen LogP contribution is 2.29. The Hall–Kier alpha value is -2.61. The average molecular weight is 331 g/mol. The van der Waals surface area contributed by atoms with Crippen LogP contribution in [-0.2, 0) is 4.79 Å². The second-order valence-corrected chi connectivity index (χ2v) is 6.34. The molecule has 2 aromatic rings. The summed E-state index contributed by atoms with van der Waals surface area (Å²) in [7, 11) is 0. The quantitative estimate of drug-likeness (QED) is 0.687. The van der Waals surface area contributed by atoms with E-state index in [9.17, 15) is 4.79 Å². The fourth-order valence-corrected chi connectivity index (χ4v) is 3.30. The Bertz CT molecular complexity index is 781. The van der Waals surface area contributed by atoms with Crippen LogP contribution in [0.1, 0.15) is 37.8 Å². The van der Waals surface area contributed by atoms with Crippen LogP contribution in [0.15, 0.2) is 65.7 Å². The highest BCUT2D eigenvalue weighted by molar-refractivity contribution is 6.15. The van der Waals surface area contributed by atoms with Crippen molar-refractivity contribution in [3.8, 4) is 0 Å². The number of Topliss-reactive ketones (excluding diaryl/α,β-unsaturated/α-hetero) is 1. The number of ketones is 1. The third-order valence-corrected chi connectivity index (χ3v) is 4.75. The predicted molar refractivity (Wildman–Crippen MR) is 107 cm³/mol. The third-order valence-electron chi connectivity index (χ3n) is 4.75. The maximum Gasteiger partial charge on any atom is 0.185 e. The molecule has 2 heteroatoms. The Morgan fingerprint density at radius 3 is 1.84 bits per heavy atom. The van der Waals surface area contributed by atoms with Crippen LogP contribution >= 0.6 is 0 Å². The van der Waals surface area contributed by atoms with Gasteiger partial charge in [-0.1, -0.05) is 42.5 Å². The van der Waals surface area contributed by atoms with Crippen LogP contribution in [0.25, 0.3) is 12.2 Å². The topological polar surface area (TPSA) is 20.3 Å². The van der Waals surface area contributed by atoms with Gasteiger partial charge in [-0.25, -0.2) is 0 Å². The lowest BCUT2D eigenvalue weighted by molar-refractivity contribution is -0.111. The summed E-state index contributed by atoms with van der Waals surface area (Å²) in [6.07, 6.45) is 5.72. The van der Waals surface area contributed by atoms with Gasteiger partial charge in [0, 0.05) is 29.9 Å². The van der Waals surface area contributed by atoms with E-state index in [0.29, 0.717) is 0 Å². The maximum atomic E-state index is 12.6. The van der Waals surface area contributed by atoms with Crippen molar-refractivity contribution < 1.29 is 4.79 Å². The first-order chi connectivity index (χ1) is 12.2. The van der Waals surface area contributed by atoms with Gasteiger partial charge in [-0.3, -0.25) is 4.79 Å². The number of anilines is 1. The SMILES string of the molecule is CCN(CC)c1ccc(/C=C2/CC/C(=C/c3ccccc3)C2=O)cc1. The molecule has 3 rings (SSSR count). The smallest absolute Gasteiger partial charge is 0.185 e. The molecule has 0 N–H and O–H groups in total. The van der Waals surface area contributed by atoms with Crippen molar-refractivity contribution in [1.82, 2.24) is 0 Å². The number of hydrogen-bond donors (Lipinski definition) is 0. The Kier molecular flexibility index (Phi) is 5.49. The molecule has 2 nitrogen and oxygen atoms in total. The van der Waals surface area contributed by atoms with Crippen LogP contribution in [0.4, 0.5) is 5.69 Å². The van der Waals surface area contributed by atoms with Crippen LogP contribution in [0.3, 0.4) is 0 Å². The van der Waals surface area contributed by atoms with E-state index in [1.165, 1.54) is 5.69 Å². The molecule has 0 atom stereocenters. The summed E-state index contributed by atoms with van der Waals surface area (Å²) in [5.41, 5.74) is 5.25. The van der Waals surface area contributed by atoms with E-state index in [1.807, 2.05) is 42.5 Å². The van der Waals surface area contributed by atoms with Gasteiger partial charge in [0.25, 0.3) is 0 Å². The van der Waals surface area contributed by atoms with Gasteiger partial charge in [0.15, 0.2) is 5.78 Å². The molecule has 25 heavy (non-hydrogen) atoms. The van der Waals surface area contributed by atoms with Gasteiger partial charge in [0.05, 0.1) is 0 Å². The highest BCUT2D eigenvalue weighted by Gasteiger charge is 2.22. The molecule has 1 saturated carbocycles. The van der Waals surface area contributed by atoms with Crippen molar-refractivity contribution in [2.24, 2.45) is 0 Å². The summed E-state index contributed by atoms with van der Waals surface area (Å²) in [5.74, 6) is 0.191. The first-order valence-corrected chi connectivity index (χ1v) is 9.07. The number of allylic oxidation sites excluding steroid dienone is 2. The molecule has 1 fully saturated rings. The van der Waals surface area contributed by atoms with E-state index in [-0.39, 0.29) is 5.78 Å². The number of benzene rings is 2. The van der Waals surface area contributed by atoms with Crippen molar-refractivity contribution in [3.05, 3.63) is 76.9 Å². The monoisotopic (exact) mass is 331 g/mol. The molecule has 128 valence electrons. The second-order valence-electron chi connectivity index (χ2n) is 6.34. The van der Waals surface area contributed by atoms with Gasteiger partial charge in [-0.15, -0.1) is 0 Å². The van der Waals surface area contributed by atoms with Gasteiger partial charge >= 0.3 is 0 Å². The van der Waals surface area contributed by atoms with Crippen molar-refractivity contribution in [1.29, 1.82) is 0 Å². The molecule has 1 aliphatic carbocycles. The van der Waals surface area contributed by atoms with Crippen LogP contribution in [0, 0.1) is 0 Å². The molecular weight excluding hydrogens is 306 g/mol. The van der Waals surface area contributed by atoms with Crippen LogP contribution in [0.5, 0.6) is 0 Å². The van der Waals surface area contributed by atoms with Crippen molar-refractivity contribution in [2.45, 2.75) is 26.7 Å². The molecule has 1 aliphatic rings. The molecule has 2 aromatic carbocycles. The van der Waals surface area contributed by atoms with E-state index in [0.717, 1.165) is 48.2 Å². The second kappa shape index (κ2) is 7.98. The van der Waals surface area contributed by atoms with E-state index in [4.69, 9.17) is 0 Å². The number of nitrogens with zero attached hydrogens (tertiary/aromatic N) is 1. The molecular formula is C23H25NO. The standard InChI is InChI=1S/C23H25NO/c1-3-24(4-2)22-14-10-19(11-15-22)17-21-13-12-20(23(21)25)16-18-8-6-5-7-9-18/h5-11,14-17H,3-4,12-13H2,1-2H3/b20-16-,21-17-. The summed E-state index contributed by atoms with van der Waals surface area (Å²) in [4.78, 5) is 15.0. The first kappa shape index (κ1) is 17.2. The lowest BCUT2D eigenvalue weighted by Crippen LogP contribution is -2.21. The molecule has 0 spiro atoms. The number of rotatable bonds is 5. The normalized spacial score (nSPS) is 17.4. The van der Waals surface area contributed by atoms with Crippen molar-refractivity contribution >= 4 is 23.6 Å². The molecule has 0 radical (unpaired) electrons. The fraction of sp³-hybridized carbons (Fsp3) is 0.261. The van der Waals surface area contributed by atoms with Crippen LogP contribution in [-0.4, -0.2) is 18.9 Å². The molecule has 0 unspecified atom stereocenters. The van der Waals surface area contributed by atoms with E-state index < -0.39 is 0 Å². The minimum atomic E-state index is 0.191. The Morgan fingerprint density at radius 1 is 0.800 bits per heavy atom. The van der Waals surface area contributed by atoms with Crippen LogP contribution < -0.4 is 4.90 Å². The lowest BCUT2D eigenvalue weighted by atomic mass is 10.1. The Balaban J connectivity index is 1.76. The Labute approximate surface area is 150 Å². The van der Waals surface area contributed by atoms with E-state index >= 15 is 0 Å². The largest absolute Gasteiger partial charge is 0.372 e. The van der Waals surface area contributed by atoms with Gasteiger partial charge < -0.3 is 4.90 Å². The number of carbonyl (C=O) groups is 1. The first-order valence-electron chi connectivity index (χ1n) is 9.07. The summed E-state index contributed by atoms with van der Waals surface area (Å²) in [6.45, 7) is 6.33. The van der Waals surface area contributed by atoms with E-state index in [1.54, 1.807) is 0 Å². The van der Waals surface area contributed by atoms with Crippen LogP contribution in [0.2, 0.25) is 0 Å². The summed E-state index contributed by atoms with van der Waals surface area (Å²) < 4.78 is 0. The zero-order chi connectivity index (χ0) is 17.6. The van der Waals surface area contributed by atoms with Crippen molar-refractivity contribution in [2.75, 3.05) is 18.0 Å². The zero-order valence-corrected chi connectivity index (χ0v) is 15.0. The number of hydrogen-bond acceptors (Lipinski definition) is 2. The molecule has 0 aliphatic heterocycles. The highest BCUT2D eigenvalue weighted by atomic mass is 16.1. The zero-order valence-electron chi connectivity index (χ0n) is 15.0. The molecule has 0 bridgehead atoms. The third kappa shape index (κ3) is 4.08. The average Bonchev–Trinajstić information content (AvgIpc) is 2.98. The maximum absolute atomic E-state index is 12.6. The molecule has 0 saturated heterocycles. The molecule has 0 amide bonds. The van der Waals surface area contributed by atoms with Gasteiger partial charge in [0.1, 0.15) is 0 Å². The summed E-state index contributed by atoms with van der Waals surface area (Å²) >= 11 is 0. The predicted octanol–water partition coefficient (Wildman–Crippen LogP) is 5.36. The minimum Gasteiger partial charge on any atom is -0.372 e. The molecule has 0 heterocycles. The van der Waals surface area contributed by atoms with Gasteiger partial charge in [-0.2, -0.15) is 0 Å². The van der Waals surface area contributed by atoms with Crippen molar-refractivity contribution in [3.63, 3.8) is 0 Å². The molecule has 0 aromatic heterocycles. The lowest BCUT2D eigenvalue weighted by Gasteiger charge is -2.20.